The maximum Gasteiger partial charge on any atom is 0.276 e. The van der Waals surface area contributed by atoms with E-state index in [4.69, 9.17) is 4.84 Å². The Morgan fingerprint density at radius 2 is 2.12 bits per heavy atom. The molecule has 8 heteroatoms. The van der Waals surface area contributed by atoms with Crippen LogP contribution in [0.25, 0.3) is 0 Å². The van der Waals surface area contributed by atoms with Gasteiger partial charge in [0, 0.05) is 16.2 Å². The molecule has 1 aliphatic rings. The third-order valence-electron chi connectivity index (χ3n) is 4.09. The summed E-state index contributed by atoms with van der Waals surface area (Å²) in [5.74, 6) is -0.493. The summed E-state index contributed by atoms with van der Waals surface area (Å²) in [5, 5.41) is 2.95. The molecule has 1 fully saturated rings. The lowest BCUT2D eigenvalue weighted by Crippen LogP contribution is -2.25. The van der Waals surface area contributed by atoms with Gasteiger partial charge in [-0.15, -0.1) is 0 Å². The number of rotatable bonds is 8. The van der Waals surface area contributed by atoms with Crippen LogP contribution in [0.15, 0.2) is 24.3 Å². The van der Waals surface area contributed by atoms with Crippen molar-refractivity contribution >= 4 is 40.0 Å². The second-order valence-corrected chi connectivity index (χ2v) is 7.54. The molecule has 0 saturated heterocycles. The minimum atomic E-state index is -0.436. The Bertz CT molecular complexity index is 833. The van der Waals surface area contributed by atoms with Gasteiger partial charge in [-0.1, -0.05) is 0 Å². The topological polar surface area (TPSA) is 83.2 Å². The van der Waals surface area contributed by atoms with Crippen molar-refractivity contribution in [1.82, 2.24) is 10.5 Å². The Hall–Kier alpha value is -1.94. The lowest BCUT2D eigenvalue weighted by molar-refractivity contribution is 0.0269. The number of carbonyl (C=O) groups is 2. The van der Waals surface area contributed by atoms with Crippen molar-refractivity contribution in [2.75, 3.05) is 11.9 Å². The van der Waals surface area contributed by atoms with E-state index in [9.17, 15) is 14.0 Å². The summed E-state index contributed by atoms with van der Waals surface area (Å²) in [7, 11) is 0. The number of nitrogens with one attached hydrogen (secondary N) is 3. The predicted octanol–water partition coefficient (Wildman–Crippen LogP) is 3.64. The van der Waals surface area contributed by atoms with Crippen LogP contribution >= 0.6 is 22.6 Å². The summed E-state index contributed by atoms with van der Waals surface area (Å²) in [6.45, 7) is 2.06. The monoisotopic (exact) mass is 471 g/mol. The number of aromatic nitrogens is 1. The van der Waals surface area contributed by atoms with Gasteiger partial charge in [0.2, 0.25) is 0 Å². The molecule has 1 amide bonds. The first-order valence-electron chi connectivity index (χ1n) is 8.28. The maximum absolute atomic E-state index is 14.0. The summed E-state index contributed by atoms with van der Waals surface area (Å²) in [6, 6.07) is 6.31. The van der Waals surface area contributed by atoms with Crippen molar-refractivity contribution in [3.8, 4) is 0 Å². The molecular formula is C18H19FIN3O3. The van der Waals surface area contributed by atoms with Gasteiger partial charge >= 0.3 is 0 Å². The van der Waals surface area contributed by atoms with Gasteiger partial charge in [-0.25, -0.2) is 9.87 Å². The largest absolute Gasteiger partial charge is 0.377 e. The van der Waals surface area contributed by atoms with Crippen LogP contribution in [0, 0.1) is 15.3 Å². The van der Waals surface area contributed by atoms with Crippen LogP contribution in [0.3, 0.4) is 0 Å². The number of hydroxylamine groups is 1. The molecule has 6 nitrogen and oxygen atoms in total. The summed E-state index contributed by atoms with van der Waals surface area (Å²) >= 11 is 2.03. The Labute approximate surface area is 164 Å². The molecule has 1 saturated carbocycles. The molecule has 0 bridgehead atoms. The molecule has 3 rings (SSSR count). The highest BCUT2D eigenvalue weighted by atomic mass is 127. The van der Waals surface area contributed by atoms with E-state index >= 15 is 0 Å². The SMILES string of the molecule is CC(=O)c1cc(C(=O)NOCC2CC2)c(CNc2ccc(I)cc2F)[nH]1. The molecule has 1 aromatic heterocycles. The van der Waals surface area contributed by atoms with E-state index in [0.717, 1.165) is 16.4 Å². The van der Waals surface area contributed by atoms with Gasteiger partial charge in [0.15, 0.2) is 5.78 Å². The van der Waals surface area contributed by atoms with Crippen molar-refractivity contribution in [3.63, 3.8) is 0 Å². The number of hydrogen-bond donors (Lipinski definition) is 3. The van der Waals surface area contributed by atoms with Crippen molar-refractivity contribution in [1.29, 1.82) is 0 Å². The van der Waals surface area contributed by atoms with Crippen LogP contribution < -0.4 is 10.8 Å². The molecule has 0 unspecified atom stereocenters. The fraction of sp³-hybridized carbons (Fsp3) is 0.333. The molecule has 1 heterocycles. The average Bonchev–Trinajstić information content (AvgIpc) is 3.30. The quantitative estimate of drug-likeness (QED) is 0.312. The number of Topliss-reactive ketones (excluding diaryl/α,β-unsaturated/α-hetero) is 1. The highest BCUT2D eigenvalue weighted by Gasteiger charge is 2.23. The Kier molecular flexibility index (Phi) is 5.92. The van der Waals surface area contributed by atoms with Gasteiger partial charge in [0.25, 0.3) is 5.91 Å². The summed E-state index contributed by atoms with van der Waals surface area (Å²) < 4.78 is 14.8. The van der Waals surface area contributed by atoms with Gasteiger partial charge in [0.1, 0.15) is 5.82 Å². The van der Waals surface area contributed by atoms with E-state index < -0.39 is 5.91 Å². The second kappa shape index (κ2) is 8.17. The molecule has 0 spiro atoms. The number of H-pyrrole nitrogens is 1. The van der Waals surface area contributed by atoms with Crippen molar-refractivity contribution in [2.24, 2.45) is 5.92 Å². The number of anilines is 1. The highest BCUT2D eigenvalue weighted by Crippen LogP contribution is 2.28. The lowest BCUT2D eigenvalue weighted by atomic mass is 10.2. The fourth-order valence-corrected chi connectivity index (χ4v) is 2.86. The van der Waals surface area contributed by atoms with Crippen LogP contribution in [0.4, 0.5) is 10.1 Å². The molecule has 0 atom stereocenters. The number of ketones is 1. The van der Waals surface area contributed by atoms with Crippen LogP contribution in [0.2, 0.25) is 0 Å². The third kappa shape index (κ3) is 4.82. The smallest absolute Gasteiger partial charge is 0.276 e. The lowest BCUT2D eigenvalue weighted by Gasteiger charge is -2.09. The molecule has 3 N–H and O–H groups in total. The molecule has 1 aromatic carbocycles. The number of halogens is 2. The summed E-state index contributed by atoms with van der Waals surface area (Å²) in [5.41, 5.74) is 3.83. The third-order valence-corrected chi connectivity index (χ3v) is 4.76. The number of hydrogen-bond acceptors (Lipinski definition) is 4. The Balaban J connectivity index is 1.71. The molecule has 0 aliphatic heterocycles. The highest BCUT2D eigenvalue weighted by molar-refractivity contribution is 14.1. The van der Waals surface area contributed by atoms with Crippen LogP contribution in [0.5, 0.6) is 0 Å². The second-order valence-electron chi connectivity index (χ2n) is 6.29. The molecule has 0 radical (unpaired) electrons. The normalized spacial score (nSPS) is 13.5. The zero-order valence-electron chi connectivity index (χ0n) is 14.2. The first kappa shape index (κ1) is 18.8. The summed E-state index contributed by atoms with van der Waals surface area (Å²) in [4.78, 5) is 32.1. The van der Waals surface area contributed by atoms with E-state index in [0.29, 0.717) is 35.2 Å². The fourth-order valence-electron chi connectivity index (χ4n) is 2.41. The minimum Gasteiger partial charge on any atom is -0.377 e. The van der Waals surface area contributed by atoms with Crippen LogP contribution in [0.1, 0.15) is 46.3 Å². The molecule has 138 valence electrons. The van der Waals surface area contributed by atoms with E-state index in [1.807, 2.05) is 22.6 Å². The predicted molar refractivity (Wildman–Crippen MR) is 103 cm³/mol. The van der Waals surface area contributed by atoms with E-state index in [-0.39, 0.29) is 18.1 Å². The zero-order valence-corrected chi connectivity index (χ0v) is 16.4. The number of carbonyl (C=O) groups excluding carboxylic acids is 2. The standard InChI is InChI=1S/C18H19FIN3O3/c1-10(24)16-7-13(18(25)23-26-9-11-2-3-11)17(22-16)8-21-15-5-4-12(20)6-14(15)19/h4-7,11,21-22H,2-3,8-9H2,1H3,(H,23,25). The number of amides is 1. The number of benzene rings is 1. The first-order valence-corrected chi connectivity index (χ1v) is 9.35. The van der Waals surface area contributed by atoms with Gasteiger partial charge in [-0.2, -0.15) is 0 Å². The van der Waals surface area contributed by atoms with E-state index in [1.165, 1.54) is 19.1 Å². The van der Waals surface area contributed by atoms with Gasteiger partial charge < -0.3 is 10.3 Å². The van der Waals surface area contributed by atoms with Crippen molar-refractivity contribution in [2.45, 2.75) is 26.3 Å². The van der Waals surface area contributed by atoms with Crippen molar-refractivity contribution < 1.29 is 18.8 Å². The molecular weight excluding hydrogens is 452 g/mol. The molecule has 1 aliphatic carbocycles. The maximum atomic E-state index is 14.0. The molecule has 26 heavy (non-hydrogen) atoms. The van der Waals surface area contributed by atoms with Crippen LogP contribution in [-0.4, -0.2) is 23.3 Å². The van der Waals surface area contributed by atoms with Gasteiger partial charge in [-0.3, -0.25) is 14.4 Å². The van der Waals surface area contributed by atoms with E-state index in [2.05, 4.69) is 15.8 Å². The van der Waals surface area contributed by atoms with Crippen LogP contribution in [-0.2, 0) is 11.4 Å². The van der Waals surface area contributed by atoms with Gasteiger partial charge in [-0.05, 0) is 65.6 Å². The average molecular weight is 471 g/mol. The molecule has 2 aromatic rings. The number of aromatic amines is 1. The zero-order chi connectivity index (χ0) is 18.7. The van der Waals surface area contributed by atoms with Gasteiger partial charge in [0.05, 0.1) is 30.1 Å². The Morgan fingerprint density at radius 3 is 2.77 bits per heavy atom. The first-order chi connectivity index (χ1) is 12.4. The van der Waals surface area contributed by atoms with E-state index in [1.54, 1.807) is 12.1 Å². The minimum absolute atomic E-state index is 0.163. The summed E-state index contributed by atoms with van der Waals surface area (Å²) in [6.07, 6.45) is 2.23. The Morgan fingerprint density at radius 1 is 1.35 bits per heavy atom. The van der Waals surface area contributed by atoms with Crippen molar-refractivity contribution in [3.05, 3.63) is 50.6 Å².